The van der Waals surface area contributed by atoms with Gasteiger partial charge in [-0.1, -0.05) is 12.6 Å². The molecule has 114 valence electrons. The Balaban J connectivity index is 2.11. The fraction of sp³-hybridized carbons (Fsp3) is 0.375. The third-order valence-corrected chi connectivity index (χ3v) is 2.70. The van der Waals surface area contributed by atoms with Crippen molar-refractivity contribution in [3.63, 3.8) is 0 Å². The summed E-state index contributed by atoms with van der Waals surface area (Å²) < 4.78 is 10.1. The van der Waals surface area contributed by atoms with E-state index in [0.717, 1.165) is 6.42 Å². The van der Waals surface area contributed by atoms with E-state index in [9.17, 15) is 9.59 Å². The summed E-state index contributed by atoms with van der Waals surface area (Å²) in [7, 11) is 0. The molecule has 0 atom stereocenters. The van der Waals surface area contributed by atoms with Crippen LogP contribution >= 0.6 is 0 Å². The SMILES string of the molecule is C=C(C)C(=O)OCCCCCC(=O)Oc1cccc(N)c1. The lowest BCUT2D eigenvalue weighted by molar-refractivity contribution is -0.139. The highest BCUT2D eigenvalue weighted by Gasteiger charge is 2.06. The number of carbonyl (C=O) groups is 2. The molecule has 0 radical (unpaired) electrons. The minimum atomic E-state index is -0.379. The number of benzene rings is 1. The predicted octanol–water partition coefficient (Wildman–Crippen LogP) is 2.85. The van der Waals surface area contributed by atoms with Gasteiger partial charge >= 0.3 is 11.9 Å². The maximum Gasteiger partial charge on any atom is 0.333 e. The van der Waals surface area contributed by atoms with Crippen LogP contribution in [-0.2, 0) is 14.3 Å². The Morgan fingerprint density at radius 3 is 2.67 bits per heavy atom. The van der Waals surface area contributed by atoms with Crippen LogP contribution < -0.4 is 10.5 Å². The first-order chi connectivity index (χ1) is 9.99. The maximum absolute atomic E-state index is 11.6. The van der Waals surface area contributed by atoms with E-state index in [4.69, 9.17) is 15.2 Å². The quantitative estimate of drug-likeness (QED) is 0.262. The van der Waals surface area contributed by atoms with Gasteiger partial charge in [0.2, 0.25) is 0 Å². The van der Waals surface area contributed by atoms with E-state index in [2.05, 4.69) is 6.58 Å². The van der Waals surface area contributed by atoms with Crippen molar-refractivity contribution in [1.29, 1.82) is 0 Å². The Hall–Kier alpha value is -2.30. The molecule has 0 aliphatic heterocycles. The van der Waals surface area contributed by atoms with E-state index in [1.807, 2.05) is 0 Å². The lowest BCUT2D eigenvalue weighted by Crippen LogP contribution is -2.08. The lowest BCUT2D eigenvalue weighted by atomic mass is 10.2. The molecule has 0 saturated carbocycles. The molecule has 5 nitrogen and oxygen atoms in total. The third kappa shape index (κ3) is 7.15. The van der Waals surface area contributed by atoms with E-state index in [-0.39, 0.29) is 11.9 Å². The maximum atomic E-state index is 11.6. The van der Waals surface area contributed by atoms with Gasteiger partial charge in [-0.3, -0.25) is 4.79 Å². The van der Waals surface area contributed by atoms with Crippen LogP contribution in [0.3, 0.4) is 0 Å². The normalized spacial score (nSPS) is 9.95. The standard InChI is InChI=1S/C16H21NO4/c1-12(2)16(19)20-10-5-3-4-9-15(18)21-14-8-6-7-13(17)11-14/h6-8,11H,1,3-5,9-10,17H2,2H3. The monoisotopic (exact) mass is 291 g/mol. The van der Waals surface area contributed by atoms with Crippen LogP contribution in [0.1, 0.15) is 32.6 Å². The summed E-state index contributed by atoms with van der Waals surface area (Å²) in [5.41, 5.74) is 6.54. The zero-order chi connectivity index (χ0) is 15.7. The number of carbonyl (C=O) groups excluding carboxylic acids is 2. The largest absolute Gasteiger partial charge is 0.462 e. The van der Waals surface area contributed by atoms with Crippen LogP contribution in [0, 0.1) is 0 Å². The molecule has 0 aliphatic rings. The highest BCUT2D eigenvalue weighted by Crippen LogP contribution is 2.15. The second-order valence-electron chi connectivity index (χ2n) is 4.77. The van der Waals surface area contributed by atoms with Crippen LogP contribution in [0.5, 0.6) is 5.75 Å². The molecule has 0 amide bonds. The molecule has 0 heterocycles. The fourth-order valence-corrected chi connectivity index (χ4v) is 1.60. The molecule has 5 heteroatoms. The molecule has 0 fully saturated rings. The van der Waals surface area contributed by atoms with Gasteiger partial charge in [-0.2, -0.15) is 0 Å². The van der Waals surface area contributed by atoms with Crippen molar-refractivity contribution < 1.29 is 19.1 Å². The van der Waals surface area contributed by atoms with Crippen molar-refractivity contribution in [3.8, 4) is 5.75 Å². The number of ether oxygens (including phenoxy) is 2. The van der Waals surface area contributed by atoms with E-state index in [1.165, 1.54) is 0 Å². The molecular weight excluding hydrogens is 270 g/mol. The van der Waals surface area contributed by atoms with Crippen molar-refractivity contribution >= 4 is 17.6 Å². The van der Waals surface area contributed by atoms with E-state index in [0.29, 0.717) is 42.9 Å². The van der Waals surface area contributed by atoms with Crippen LogP contribution in [-0.4, -0.2) is 18.5 Å². The first-order valence-corrected chi connectivity index (χ1v) is 6.88. The van der Waals surface area contributed by atoms with Gasteiger partial charge in [0.15, 0.2) is 0 Å². The van der Waals surface area contributed by atoms with Crippen molar-refractivity contribution in [2.24, 2.45) is 0 Å². The molecule has 0 saturated heterocycles. The molecule has 1 aromatic rings. The van der Waals surface area contributed by atoms with Crippen molar-refractivity contribution in [2.45, 2.75) is 32.6 Å². The average molecular weight is 291 g/mol. The molecule has 0 aromatic heterocycles. The van der Waals surface area contributed by atoms with E-state index in [1.54, 1.807) is 31.2 Å². The number of esters is 2. The minimum absolute atomic E-state index is 0.292. The topological polar surface area (TPSA) is 78.6 Å². The predicted molar refractivity (Wildman–Crippen MR) is 80.7 cm³/mol. The number of nitrogens with two attached hydrogens (primary N) is 1. The number of anilines is 1. The van der Waals surface area contributed by atoms with E-state index >= 15 is 0 Å². The third-order valence-electron chi connectivity index (χ3n) is 2.70. The number of rotatable bonds is 8. The van der Waals surface area contributed by atoms with Gasteiger partial charge in [-0.25, -0.2) is 4.79 Å². The number of hydrogen-bond donors (Lipinski definition) is 1. The van der Waals surface area contributed by atoms with Gasteiger partial charge < -0.3 is 15.2 Å². The van der Waals surface area contributed by atoms with Gasteiger partial charge in [0.25, 0.3) is 0 Å². The summed E-state index contributed by atoms with van der Waals surface area (Å²) in [4.78, 5) is 22.7. The summed E-state index contributed by atoms with van der Waals surface area (Å²) in [6.07, 6.45) is 2.51. The molecule has 0 unspecified atom stereocenters. The van der Waals surface area contributed by atoms with Crippen LogP contribution in [0.25, 0.3) is 0 Å². The minimum Gasteiger partial charge on any atom is -0.462 e. The van der Waals surface area contributed by atoms with Crippen molar-refractivity contribution in [1.82, 2.24) is 0 Å². The second kappa shape index (κ2) is 8.79. The van der Waals surface area contributed by atoms with Crippen LogP contribution in [0.2, 0.25) is 0 Å². The average Bonchev–Trinajstić information content (AvgIpc) is 2.42. The van der Waals surface area contributed by atoms with Gasteiger partial charge in [-0.05, 0) is 38.3 Å². The summed E-state index contributed by atoms with van der Waals surface area (Å²) in [6.45, 7) is 5.44. The Kier molecular flexibility index (Phi) is 7.01. The van der Waals surface area contributed by atoms with Crippen molar-refractivity contribution in [2.75, 3.05) is 12.3 Å². The first kappa shape index (κ1) is 16.8. The van der Waals surface area contributed by atoms with Gasteiger partial charge in [-0.15, -0.1) is 0 Å². The molecule has 0 spiro atoms. The number of nitrogen functional groups attached to an aromatic ring is 1. The second-order valence-corrected chi connectivity index (χ2v) is 4.77. The van der Waals surface area contributed by atoms with Gasteiger partial charge in [0, 0.05) is 23.7 Å². The molecule has 0 bridgehead atoms. The Labute approximate surface area is 124 Å². The number of unbranched alkanes of at least 4 members (excludes halogenated alkanes) is 2. The summed E-state index contributed by atoms with van der Waals surface area (Å²) in [5, 5.41) is 0. The Bertz CT molecular complexity index is 511. The number of hydrogen-bond acceptors (Lipinski definition) is 5. The smallest absolute Gasteiger partial charge is 0.333 e. The van der Waals surface area contributed by atoms with E-state index < -0.39 is 0 Å². The molecule has 2 N–H and O–H groups in total. The lowest BCUT2D eigenvalue weighted by Gasteiger charge is -2.05. The molecule has 1 rings (SSSR count). The first-order valence-electron chi connectivity index (χ1n) is 6.88. The summed E-state index contributed by atoms with van der Waals surface area (Å²) >= 11 is 0. The van der Waals surface area contributed by atoms with Crippen LogP contribution in [0.4, 0.5) is 5.69 Å². The van der Waals surface area contributed by atoms with Crippen LogP contribution in [0.15, 0.2) is 36.4 Å². The summed E-state index contributed by atoms with van der Waals surface area (Å²) in [6, 6.07) is 6.75. The van der Waals surface area contributed by atoms with Gasteiger partial charge in [0.05, 0.1) is 6.61 Å². The molecular formula is C16H21NO4. The molecule has 21 heavy (non-hydrogen) atoms. The zero-order valence-electron chi connectivity index (χ0n) is 12.3. The Morgan fingerprint density at radius 1 is 1.24 bits per heavy atom. The fourth-order valence-electron chi connectivity index (χ4n) is 1.60. The zero-order valence-corrected chi connectivity index (χ0v) is 12.3. The van der Waals surface area contributed by atoms with Gasteiger partial charge in [0.1, 0.15) is 5.75 Å². The molecule has 0 aliphatic carbocycles. The Morgan fingerprint density at radius 2 is 2.00 bits per heavy atom. The van der Waals surface area contributed by atoms with Crippen molar-refractivity contribution in [3.05, 3.63) is 36.4 Å². The summed E-state index contributed by atoms with van der Waals surface area (Å²) in [5.74, 6) is -0.217. The highest BCUT2D eigenvalue weighted by molar-refractivity contribution is 5.86. The highest BCUT2D eigenvalue weighted by atomic mass is 16.5. The molecule has 1 aromatic carbocycles.